The number of hydrogen-bond acceptors (Lipinski definition) is 2. The van der Waals surface area contributed by atoms with Gasteiger partial charge in [0.05, 0.1) is 12.1 Å². The van der Waals surface area contributed by atoms with Crippen LogP contribution < -0.4 is 11.1 Å². The van der Waals surface area contributed by atoms with Gasteiger partial charge in [-0.05, 0) is 13.8 Å². The van der Waals surface area contributed by atoms with Crippen molar-refractivity contribution in [1.29, 1.82) is 0 Å². The smallest absolute Gasteiger partial charge is 0.258 e. The summed E-state index contributed by atoms with van der Waals surface area (Å²) in [5, 5.41) is 2.06. The van der Waals surface area contributed by atoms with Crippen molar-refractivity contribution in [1.82, 2.24) is 5.32 Å². The van der Waals surface area contributed by atoms with Crippen molar-refractivity contribution < 1.29 is 13.6 Å². The van der Waals surface area contributed by atoms with E-state index < -0.39 is 24.4 Å². The molecule has 0 radical (unpaired) electrons. The van der Waals surface area contributed by atoms with Gasteiger partial charge in [0.25, 0.3) is 6.43 Å². The third-order valence-corrected chi connectivity index (χ3v) is 1.16. The van der Waals surface area contributed by atoms with Crippen molar-refractivity contribution in [3.8, 4) is 0 Å². The van der Waals surface area contributed by atoms with Gasteiger partial charge in [-0.25, -0.2) is 8.78 Å². The van der Waals surface area contributed by atoms with Crippen LogP contribution in [0.25, 0.3) is 0 Å². The molecule has 0 rings (SSSR count). The van der Waals surface area contributed by atoms with Gasteiger partial charge in [0.15, 0.2) is 0 Å². The van der Waals surface area contributed by atoms with Gasteiger partial charge in [0, 0.05) is 0 Å². The van der Waals surface area contributed by atoms with Gasteiger partial charge in [0.2, 0.25) is 5.91 Å². The van der Waals surface area contributed by atoms with Crippen LogP contribution >= 0.6 is 0 Å². The summed E-state index contributed by atoms with van der Waals surface area (Å²) in [5.41, 5.74) is 5.13. The van der Waals surface area contributed by atoms with Gasteiger partial charge < -0.3 is 11.1 Å². The monoisotopic (exact) mass is 166 g/mol. The maximum absolute atomic E-state index is 11.8. The van der Waals surface area contributed by atoms with E-state index in [1.165, 1.54) is 13.8 Å². The summed E-state index contributed by atoms with van der Waals surface area (Å²) in [4.78, 5) is 10.7. The van der Waals surface area contributed by atoms with Crippen molar-refractivity contribution in [3.05, 3.63) is 0 Å². The zero-order valence-electron chi connectivity index (χ0n) is 6.47. The molecule has 2 atom stereocenters. The first-order chi connectivity index (χ1) is 4.95. The number of carbonyl (C=O) groups excluding carboxylic acids is 1. The van der Waals surface area contributed by atoms with Crippen LogP contribution in [0, 0.1) is 0 Å². The number of alkyl halides is 2. The van der Waals surface area contributed by atoms with Gasteiger partial charge in [0.1, 0.15) is 0 Å². The lowest BCUT2D eigenvalue weighted by Crippen LogP contribution is -2.45. The highest BCUT2D eigenvalue weighted by Gasteiger charge is 2.18. The highest BCUT2D eigenvalue weighted by molar-refractivity contribution is 5.81. The largest absolute Gasteiger partial charge is 0.347 e. The molecule has 1 amide bonds. The van der Waals surface area contributed by atoms with E-state index in [-0.39, 0.29) is 0 Å². The maximum atomic E-state index is 11.8. The highest BCUT2D eigenvalue weighted by Crippen LogP contribution is 1.98. The fourth-order valence-electron chi connectivity index (χ4n) is 0.419. The molecular formula is C6H12F2N2O. The molecule has 3 N–H and O–H groups in total. The van der Waals surface area contributed by atoms with E-state index in [0.29, 0.717) is 0 Å². The Morgan fingerprint density at radius 3 is 2.18 bits per heavy atom. The van der Waals surface area contributed by atoms with Crippen LogP contribution in [-0.2, 0) is 4.79 Å². The summed E-state index contributed by atoms with van der Waals surface area (Å²) in [5.74, 6) is -0.558. The van der Waals surface area contributed by atoms with Gasteiger partial charge >= 0.3 is 0 Å². The van der Waals surface area contributed by atoms with Crippen LogP contribution in [0.3, 0.4) is 0 Å². The molecule has 0 aliphatic rings. The van der Waals surface area contributed by atoms with E-state index in [0.717, 1.165) is 0 Å². The third-order valence-electron chi connectivity index (χ3n) is 1.16. The lowest BCUT2D eigenvalue weighted by Gasteiger charge is -2.13. The number of nitrogens with two attached hydrogens (primary N) is 1. The minimum absolute atomic E-state index is 0.558. The molecule has 0 spiro atoms. The molecular weight excluding hydrogens is 154 g/mol. The Kier molecular flexibility index (Phi) is 3.95. The first-order valence-electron chi connectivity index (χ1n) is 3.29. The fourth-order valence-corrected chi connectivity index (χ4v) is 0.419. The first-order valence-corrected chi connectivity index (χ1v) is 3.29. The van der Waals surface area contributed by atoms with Gasteiger partial charge in [-0.1, -0.05) is 0 Å². The van der Waals surface area contributed by atoms with Gasteiger partial charge in [-0.2, -0.15) is 0 Å². The molecule has 0 fully saturated rings. The summed E-state index contributed by atoms with van der Waals surface area (Å²) >= 11 is 0. The molecule has 0 aliphatic carbocycles. The standard InChI is InChI=1S/C6H12F2N2O/c1-3(9)6(11)10-4(2)5(7)8/h3-5H,9H2,1-2H3,(H,10,11). The Balaban J connectivity index is 3.76. The first kappa shape index (κ1) is 10.3. The second-order valence-corrected chi connectivity index (χ2v) is 2.42. The zero-order valence-corrected chi connectivity index (χ0v) is 6.47. The molecule has 0 bridgehead atoms. The van der Waals surface area contributed by atoms with Crippen LogP contribution in [0.15, 0.2) is 0 Å². The Hall–Kier alpha value is -0.710. The van der Waals surface area contributed by atoms with Crippen LogP contribution in [0.1, 0.15) is 13.8 Å². The molecule has 66 valence electrons. The SMILES string of the molecule is CC(N)C(=O)NC(C)C(F)F. The molecule has 0 aliphatic heterocycles. The minimum atomic E-state index is -2.54. The molecule has 11 heavy (non-hydrogen) atoms. The van der Waals surface area contributed by atoms with Crippen LogP contribution in [0.2, 0.25) is 0 Å². The van der Waals surface area contributed by atoms with Crippen LogP contribution in [-0.4, -0.2) is 24.4 Å². The third kappa shape index (κ3) is 3.87. The van der Waals surface area contributed by atoms with Gasteiger partial charge in [-0.3, -0.25) is 4.79 Å². The number of nitrogens with one attached hydrogen (secondary N) is 1. The topological polar surface area (TPSA) is 55.1 Å². The summed E-state index contributed by atoms with van der Waals surface area (Å²) in [6.07, 6.45) is -2.54. The number of hydrogen-bond donors (Lipinski definition) is 2. The Morgan fingerprint density at radius 1 is 1.45 bits per heavy atom. The number of halogens is 2. The van der Waals surface area contributed by atoms with E-state index in [2.05, 4.69) is 5.32 Å². The van der Waals surface area contributed by atoms with Gasteiger partial charge in [-0.15, -0.1) is 0 Å². The van der Waals surface area contributed by atoms with Crippen molar-refractivity contribution in [2.45, 2.75) is 32.4 Å². The van der Waals surface area contributed by atoms with Crippen LogP contribution in [0.4, 0.5) is 8.78 Å². The van der Waals surface area contributed by atoms with E-state index in [9.17, 15) is 13.6 Å². The van der Waals surface area contributed by atoms with E-state index in [1.54, 1.807) is 0 Å². The van der Waals surface area contributed by atoms with Crippen molar-refractivity contribution >= 4 is 5.91 Å². The lowest BCUT2D eigenvalue weighted by atomic mass is 10.3. The summed E-state index contributed by atoms with van der Waals surface area (Å²) in [6.45, 7) is 2.67. The number of rotatable bonds is 3. The van der Waals surface area contributed by atoms with E-state index >= 15 is 0 Å². The van der Waals surface area contributed by atoms with Crippen molar-refractivity contribution in [2.24, 2.45) is 5.73 Å². The molecule has 0 saturated carbocycles. The van der Waals surface area contributed by atoms with Crippen molar-refractivity contribution in [3.63, 3.8) is 0 Å². The predicted molar refractivity (Wildman–Crippen MR) is 37.3 cm³/mol. The number of amides is 1. The normalized spacial score (nSPS) is 16.2. The van der Waals surface area contributed by atoms with Crippen molar-refractivity contribution in [2.75, 3.05) is 0 Å². The minimum Gasteiger partial charge on any atom is -0.347 e. The second-order valence-electron chi connectivity index (χ2n) is 2.42. The van der Waals surface area contributed by atoms with Crippen LogP contribution in [0.5, 0.6) is 0 Å². The Morgan fingerprint density at radius 2 is 1.91 bits per heavy atom. The second kappa shape index (κ2) is 4.23. The molecule has 0 aromatic heterocycles. The average molecular weight is 166 g/mol. The molecule has 0 aromatic carbocycles. The quantitative estimate of drug-likeness (QED) is 0.625. The van der Waals surface area contributed by atoms with E-state index in [4.69, 9.17) is 5.73 Å². The Bertz CT molecular complexity index is 139. The molecule has 0 heterocycles. The average Bonchev–Trinajstić information content (AvgIpc) is 1.87. The molecule has 3 nitrogen and oxygen atoms in total. The molecule has 2 unspecified atom stereocenters. The maximum Gasteiger partial charge on any atom is 0.258 e. The molecule has 0 aromatic rings. The summed E-state index contributed by atoms with van der Waals surface area (Å²) < 4.78 is 23.6. The molecule has 5 heteroatoms. The zero-order chi connectivity index (χ0) is 9.02. The summed E-state index contributed by atoms with van der Waals surface area (Å²) in [6, 6.07) is -1.87. The Labute approximate surface area is 63.9 Å². The summed E-state index contributed by atoms with van der Waals surface area (Å²) in [7, 11) is 0. The predicted octanol–water partition coefficient (Wildman–Crippen LogP) is 0.103. The fraction of sp³-hybridized carbons (Fsp3) is 0.833. The lowest BCUT2D eigenvalue weighted by molar-refractivity contribution is -0.123. The highest BCUT2D eigenvalue weighted by atomic mass is 19.3. The van der Waals surface area contributed by atoms with E-state index in [1.807, 2.05) is 0 Å². The number of carbonyl (C=O) groups is 1. The molecule has 0 saturated heterocycles.